The van der Waals surface area contributed by atoms with Gasteiger partial charge in [0.15, 0.2) is 0 Å². The summed E-state index contributed by atoms with van der Waals surface area (Å²) in [6, 6.07) is 10.4. The van der Waals surface area contributed by atoms with Gasteiger partial charge >= 0.3 is 6.01 Å². The highest BCUT2D eigenvalue weighted by Crippen LogP contribution is 2.17. The molecule has 1 aromatic carbocycles. The van der Waals surface area contributed by atoms with Crippen LogP contribution in [-0.4, -0.2) is 40.0 Å². The molecule has 3 rings (SSSR count). The van der Waals surface area contributed by atoms with Gasteiger partial charge in [0, 0.05) is 13.0 Å². The van der Waals surface area contributed by atoms with E-state index in [1.807, 2.05) is 35.2 Å². The van der Waals surface area contributed by atoms with Crippen LogP contribution in [0.1, 0.15) is 24.8 Å². The molecular weight excluding hydrogens is 326 g/mol. The minimum Gasteiger partial charge on any atom is -0.458 e. The molecule has 0 radical (unpaired) electrons. The van der Waals surface area contributed by atoms with E-state index < -0.39 is 0 Å². The summed E-state index contributed by atoms with van der Waals surface area (Å²) in [6.45, 7) is 1.37. The van der Waals surface area contributed by atoms with Gasteiger partial charge in [0.1, 0.15) is 6.10 Å². The van der Waals surface area contributed by atoms with Crippen LogP contribution in [0, 0.1) is 0 Å². The fourth-order valence-corrected chi connectivity index (χ4v) is 2.92. The van der Waals surface area contributed by atoms with Crippen LogP contribution >= 0.6 is 11.6 Å². The van der Waals surface area contributed by atoms with Crippen molar-refractivity contribution >= 4 is 17.5 Å². The molecule has 0 N–H and O–H groups in total. The highest BCUT2D eigenvalue weighted by Gasteiger charge is 2.25. The van der Waals surface area contributed by atoms with Crippen LogP contribution in [0.4, 0.5) is 0 Å². The van der Waals surface area contributed by atoms with Crippen LogP contribution in [0.25, 0.3) is 0 Å². The average Bonchev–Trinajstić information content (AvgIpc) is 2.63. The lowest BCUT2D eigenvalue weighted by molar-refractivity contribution is -0.133. The molecule has 1 unspecified atom stereocenters. The summed E-state index contributed by atoms with van der Waals surface area (Å²) in [7, 11) is 0. The van der Waals surface area contributed by atoms with Crippen molar-refractivity contribution in [1.29, 1.82) is 0 Å². The first kappa shape index (κ1) is 16.7. The maximum Gasteiger partial charge on any atom is 0.316 e. The van der Waals surface area contributed by atoms with Crippen molar-refractivity contribution in [2.45, 2.75) is 31.8 Å². The minimum atomic E-state index is -0.0689. The van der Waals surface area contributed by atoms with E-state index in [0.29, 0.717) is 24.0 Å². The van der Waals surface area contributed by atoms with Gasteiger partial charge in [-0.3, -0.25) is 4.79 Å². The number of aromatic nitrogens is 2. The number of hydrogen-bond donors (Lipinski definition) is 0. The number of hydrogen-bond acceptors (Lipinski definition) is 4. The standard InChI is InChI=1S/C18H20ClN3O2/c19-15-11-20-18(21-12-15)24-16-7-4-10-22(13-16)17(23)9-8-14-5-2-1-3-6-14/h1-3,5-6,11-12,16H,4,7-10,13H2. The van der Waals surface area contributed by atoms with Gasteiger partial charge in [-0.15, -0.1) is 0 Å². The second kappa shape index (κ2) is 8.11. The highest BCUT2D eigenvalue weighted by atomic mass is 35.5. The maximum absolute atomic E-state index is 12.4. The number of benzene rings is 1. The number of carbonyl (C=O) groups is 1. The Kier molecular flexibility index (Phi) is 5.64. The van der Waals surface area contributed by atoms with Crippen LogP contribution in [0.5, 0.6) is 6.01 Å². The van der Waals surface area contributed by atoms with Crippen molar-refractivity contribution < 1.29 is 9.53 Å². The third-order valence-electron chi connectivity index (χ3n) is 4.07. The van der Waals surface area contributed by atoms with Crippen molar-refractivity contribution in [3.8, 4) is 6.01 Å². The number of piperidine rings is 1. The monoisotopic (exact) mass is 345 g/mol. The Morgan fingerprint density at radius 1 is 1.25 bits per heavy atom. The minimum absolute atomic E-state index is 0.0689. The van der Waals surface area contributed by atoms with E-state index in [2.05, 4.69) is 9.97 Å². The smallest absolute Gasteiger partial charge is 0.316 e. The molecule has 1 aromatic heterocycles. The molecule has 1 fully saturated rings. The molecule has 1 aliphatic heterocycles. The summed E-state index contributed by atoms with van der Waals surface area (Å²) in [4.78, 5) is 22.4. The summed E-state index contributed by atoms with van der Waals surface area (Å²) < 4.78 is 5.78. The van der Waals surface area contributed by atoms with Crippen LogP contribution in [0.15, 0.2) is 42.7 Å². The Balaban J connectivity index is 1.51. The molecule has 1 saturated heterocycles. The quantitative estimate of drug-likeness (QED) is 0.835. The van der Waals surface area contributed by atoms with E-state index in [-0.39, 0.29) is 12.0 Å². The van der Waals surface area contributed by atoms with Crippen LogP contribution in [0.3, 0.4) is 0 Å². The van der Waals surface area contributed by atoms with Gasteiger partial charge < -0.3 is 9.64 Å². The van der Waals surface area contributed by atoms with Gasteiger partial charge in [0.25, 0.3) is 0 Å². The lowest BCUT2D eigenvalue weighted by Crippen LogP contribution is -2.44. The molecule has 1 amide bonds. The predicted octanol–water partition coefficient (Wildman–Crippen LogP) is 3.13. The van der Waals surface area contributed by atoms with E-state index in [1.165, 1.54) is 18.0 Å². The number of carbonyl (C=O) groups excluding carboxylic acids is 1. The fraction of sp³-hybridized carbons (Fsp3) is 0.389. The van der Waals surface area contributed by atoms with E-state index in [4.69, 9.17) is 16.3 Å². The van der Waals surface area contributed by atoms with Crippen molar-refractivity contribution in [3.05, 3.63) is 53.3 Å². The Hall–Kier alpha value is -2.14. The lowest BCUT2D eigenvalue weighted by atomic mass is 10.1. The van der Waals surface area contributed by atoms with E-state index in [9.17, 15) is 4.79 Å². The topological polar surface area (TPSA) is 55.3 Å². The number of aryl methyl sites for hydroxylation is 1. The summed E-state index contributed by atoms with van der Waals surface area (Å²) in [5.74, 6) is 0.171. The zero-order chi connectivity index (χ0) is 16.8. The van der Waals surface area contributed by atoms with Gasteiger partial charge in [-0.1, -0.05) is 41.9 Å². The molecule has 2 aromatic rings. The molecule has 2 heterocycles. The third-order valence-corrected chi connectivity index (χ3v) is 4.27. The number of likely N-dealkylation sites (tertiary alicyclic amines) is 1. The molecule has 0 saturated carbocycles. The van der Waals surface area contributed by atoms with E-state index >= 15 is 0 Å². The maximum atomic E-state index is 12.4. The fourth-order valence-electron chi connectivity index (χ4n) is 2.83. The molecule has 0 bridgehead atoms. The highest BCUT2D eigenvalue weighted by molar-refractivity contribution is 6.30. The zero-order valence-electron chi connectivity index (χ0n) is 13.4. The average molecular weight is 346 g/mol. The second-order valence-electron chi connectivity index (χ2n) is 5.89. The Labute approximate surface area is 146 Å². The molecule has 0 aliphatic carbocycles. The SMILES string of the molecule is O=C(CCc1ccccc1)N1CCCC(Oc2ncc(Cl)cn2)C1. The molecular formula is C18H20ClN3O2. The van der Waals surface area contributed by atoms with Crippen LogP contribution in [-0.2, 0) is 11.2 Å². The zero-order valence-corrected chi connectivity index (χ0v) is 14.2. The molecule has 24 heavy (non-hydrogen) atoms. The van der Waals surface area contributed by atoms with Crippen molar-refractivity contribution in [2.75, 3.05) is 13.1 Å². The first-order chi connectivity index (χ1) is 11.7. The summed E-state index contributed by atoms with van der Waals surface area (Å²) in [6.07, 6.45) is 6.06. The third kappa shape index (κ3) is 4.68. The second-order valence-corrected chi connectivity index (χ2v) is 6.33. The van der Waals surface area contributed by atoms with Gasteiger partial charge in [-0.2, -0.15) is 0 Å². The van der Waals surface area contributed by atoms with Crippen LogP contribution in [0.2, 0.25) is 5.02 Å². The molecule has 5 nitrogen and oxygen atoms in total. The number of ether oxygens (including phenoxy) is 1. The summed E-state index contributed by atoms with van der Waals surface area (Å²) in [5.41, 5.74) is 1.19. The summed E-state index contributed by atoms with van der Waals surface area (Å²) >= 11 is 5.77. The molecule has 0 spiro atoms. The first-order valence-corrected chi connectivity index (χ1v) is 8.54. The van der Waals surface area contributed by atoms with Gasteiger partial charge in [0.05, 0.1) is 24.0 Å². The number of nitrogens with zero attached hydrogens (tertiary/aromatic N) is 3. The number of rotatable bonds is 5. The molecule has 126 valence electrons. The Morgan fingerprint density at radius 2 is 2.00 bits per heavy atom. The van der Waals surface area contributed by atoms with Crippen molar-refractivity contribution in [1.82, 2.24) is 14.9 Å². The Morgan fingerprint density at radius 3 is 2.75 bits per heavy atom. The normalized spacial score (nSPS) is 17.5. The van der Waals surface area contributed by atoms with Gasteiger partial charge in [-0.25, -0.2) is 9.97 Å². The number of amides is 1. The predicted molar refractivity (Wildman–Crippen MR) is 92.0 cm³/mol. The van der Waals surface area contributed by atoms with Gasteiger partial charge in [-0.05, 0) is 24.8 Å². The van der Waals surface area contributed by atoms with E-state index in [0.717, 1.165) is 25.8 Å². The van der Waals surface area contributed by atoms with Crippen molar-refractivity contribution in [2.24, 2.45) is 0 Å². The van der Waals surface area contributed by atoms with Gasteiger partial charge in [0.2, 0.25) is 5.91 Å². The molecule has 1 atom stereocenters. The Bertz CT molecular complexity index is 664. The number of halogens is 1. The molecule has 1 aliphatic rings. The van der Waals surface area contributed by atoms with Crippen LogP contribution < -0.4 is 4.74 Å². The first-order valence-electron chi connectivity index (χ1n) is 8.16. The van der Waals surface area contributed by atoms with Crippen molar-refractivity contribution in [3.63, 3.8) is 0 Å². The largest absolute Gasteiger partial charge is 0.458 e. The molecule has 6 heteroatoms. The lowest BCUT2D eigenvalue weighted by Gasteiger charge is -2.32. The summed E-state index contributed by atoms with van der Waals surface area (Å²) in [5, 5.41) is 0.476. The van der Waals surface area contributed by atoms with E-state index in [1.54, 1.807) is 0 Å².